The molecule has 1 fully saturated rings. The highest BCUT2D eigenvalue weighted by molar-refractivity contribution is 7.99. The van der Waals surface area contributed by atoms with Gasteiger partial charge in [-0.3, -0.25) is 9.59 Å². The number of nitrogens with one attached hydrogen (secondary N) is 1. The number of hydrogen-bond acceptors (Lipinski definition) is 11. The Labute approximate surface area is 293 Å². The monoisotopic (exact) mass is 695 g/mol. The van der Waals surface area contributed by atoms with E-state index in [-0.39, 0.29) is 30.5 Å². The Hall–Kier alpha value is -5.08. The largest absolute Gasteiger partial charge is 0.508 e. The second-order valence-corrected chi connectivity index (χ2v) is 12.8. The fraction of sp³-hybridized carbons (Fsp3) is 0.270. The standard InChI is InChI=1S/C37H37N5O7S/c1-23(47-24(2)44)35(46)38-20-26-4-3-5-30(18-26)27-10-12-29(13-11-27)36-48-33(19-34(49-36)28-8-6-25(21-43)7-9-28)22-50-37-39-40-41-42(37)31-14-16-32(45)17-15-31/h3-18,23,33-34,36,43,45H,19-22H2,1-2H3,(H,38,46). The lowest BCUT2D eigenvalue weighted by molar-refractivity contribution is -0.245. The summed E-state index contributed by atoms with van der Waals surface area (Å²) < 4.78 is 19.6. The van der Waals surface area contributed by atoms with E-state index in [4.69, 9.17) is 14.2 Å². The van der Waals surface area contributed by atoms with Crippen LogP contribution in [0.1, 0.15) is 54.9 Å². The molecule has 0 radical (unpaired) electrons. The van der Waals surface area contributed by atoms with Crippen LogP contribution in [0, 0.1) is 0 Å². The zero-order chi connectivity index (χ0) is 35.0. The number of aliphatic hydroxyl groups excluding tert-OH is 1. The van der Waals surface area contributed by atoms with Crippen LogP contribution in [0.25, 0.3) is 16.8 Å². The number of nitrogens with zero attached hydrogens (tertiary/aromatic N) is 4. The lowest BCUT2D eigenvalue weighted by Gasteiger charge is -2.36. The third kappa shape index (κ3) is 8.74. The first-order chi connectivity index (χ1) is 24.2. The zero-order valence-electron chi connectivity index (χ0n) is 27.5. The van der Waals surface area contributed by atoms with E-state index in [0.29, 0.717) is 23.9 Å². The molecule has 0 aliphatic carbocycles. The van der Waals surface area contributed by atoms with Gasteiger partial charge >= 0.3 is 5.97 Å². The minimum Gasteiger partial charge on any atom is -0.508 e. The van der Waals surface area contributed by atoms with Crippen LogP contribution in [-0.2, 0) is 37.0 Å². The molecule has 12 nitrogen and oxygen atoms in total. The highest BCUT2D eigenvalue weighted by Gasteiger charge is 2.33. The Morgan fingerprint density at radius 2 is 1.70 bits per heavy atom. The maximum atomic E-state index is 12.3. The summed E-state index contributed by atoms with van der Waals surface area (Å²) in [7, 11) is 0. The number of phenolic OH excluding ortho intramolecular Hbond substituents is 1. The van der Waals surface area contributed by atoms with Crippen molar-refractivity contribution >= 4 is 23.6 Å². The van der Waals surface area contributed by atoms with Crippen molar-refractivity contribution < 1.29 is 34.0 Å². The molecule has 258 valence electrons. The predicted octanol–water partition coefficient (Wildman–Crippen LogP) is 5.43. The third-order valence-electron chi connectivity index (χ3n) is 8.17. The molecule has 5 aromatic rings. The lowest BCUT2D eigenvalue weighted by Crippen LogP contribution is -2.35. The lowest BCUT2D eigenvalue weighted by atomic mass is 9.99. The van der Waals surface area contributed by atoms with E-state index >= 15 is 0 Å². The first-order valence-corrected chi connectivity index (χ1v) is 17.1. The van der Waals surface area contributed by atoms with E-state index in [1.165, 1.54) is 25.6 Å². The number of tetrazole rings is 1. The van der Waals surface area contributed by atoms with Gasteiger partial charge in [-0.25, -0.2) is 0 Å². The van der Waals surface area contributed by atoms with Gasteiger partial charge in [0, 0.05) is 31.2 Å². The van der Waals surface area contributed by atoms with Crippen molar-refractivity contribution in [2.75, 3.05) is 5.75 Å². The van der Waals surface area contributed by atoms with Crippen LogP contribution in [0.5, 0.6) is 5.75 Å². The van der Waals surface area contributed by atoms with Gasteiger partial charge in [-0.1, -0.05) is 78.5 Å². The van der Waals surface area contributed by atoms with Crippen LogP contribution < -0.4 is 5.32 Å². The van der Waals surface area contributed by atoms with Crippen LogP contribution in [0.4, 0.5) is 0 Å². The van der Waals surface area contributed by atoms with E-state index in [2.05, 4.69) is 20.8 Å². The molecule has 1 aliphatic rings. The van der Waals surface area contributed by atoms with Gasteiger partial charge in [0.15, 0.2) is 12.4 Å². The van der Waals surface area contributed by atoms with Gasteiger partial charge in [0.1, 0.15) is 5.75 Å². The summed E-state index contributed by atoms with van der Waals surface area (Å²) in [4.78, 5) is 23.5. The Morgan fingerprint density at radius 1 is 0.960 bits per heavy atom. The van der Waals surface area contributed by atoms with Crippen LogP contribution >= 0.6 is 11.8 Å². The van der Waals surface area contributed by atoms with E-state index in [1.54, 1.807) is 28.9 Å². The Balaban J connectivity index is 1.16. The number of esters is 1. The molecule has 4 atom stereocenters. The van der Waals surface area contributed by atoms with Crippen molar-refractivity contribution in [1.29, 1.82) is 0 Å². The summed E-state index contributed by atoms with van der Waals surface area (Å²) in [5, 5.41) is 34.8. The second kappa shape index (κ2) is 16.1. The molecular formula is C37H37N5O7S. The number of aliphatic hydroxyl groups is 1. The SMILES string of the molecule is CC(=O)OC(C)C(=O)NCc1cccc(-c2ccc(C3OC(CSc4nnnn4-c4ccc(O)cc4)CC(c4ccc(CO)cc4)O3)cc2)c1. The van der Waals surface area contributed by atoms with Gasteiger partial charge in [-0.2, -0.15) is 4.68 Å². The number of carbonyl (C=O) groups is 2. The summed E-state index contributed by atoms with van der Waals surface area (Å²) in [6.07, 6.45) is -1.37. The highest BCUT2D eigenvalue weighted by atomic mass is 32.2. The number of rotatable bonds is 12. The first kappa shape index (κ1) is 34.8. The molecule has 50 heavy (non-hydrogen) atoms. The van der Waals surface area contributed by atoms with Gasteiger partial charge in [0.2, 0.25) is 5.16 Å². The second-order valence-electron chi connectivity index (χ2n) is 11.8. The first-order valence-electron chi connectivity index (χ1n) is 16.1. The number of benzene rings is 4. The maximum Gasteiger partial charge on any atom is 0.303 e. The predicted molar refractivity (Wildman–Crippen MR) is 185 cm³/mol. The maximum absolute atomic E-state index is 12.3. The Morgan fingerprint density at radius 3 is 2.42 bits per heavy atom. The number of hydrogen-bond donors (Lipinski definition) is 3. The molecule has 1 aliphatic heterocycles. The quantitative estimate of drug-likeness (QED) is 0.113. The molecule has 2 heterocycles. The van der Waals surface area contributed by atoms with Crippen LogP contribution in [0.2, 0.25) is 0 Å². The molecule has 0 spiro atoms. The number of aromatic hydroxyl groups is 1. The molecular weight excluding hydrogens is 659 g/mol. The third-order valence-corrected chi connectivity index (χ3v) is 9.22. The van der Waals surface area contributed by atoms with Crippen molar-refractivity contribution in [1.82, 2.24) is 25.5 Å². The Kier molecular flexibility index (Phi) is 11.2. The van der Waals surface area contributed by atoms with Crippen LogP contribution in [0.15, 0.2) is 102 Å². The molecule has 1 aromatic heterocycles. The van der Waals surface area contributed by atoms with Crippen LogP contribution in [0.3, 0.4) is 0 Å². The van der Waals surface area contributed by atoms with E-state index in [1.807, 2.05) is 72.8 Å². The average Bonchev–Trinajstić information content (AvgIpc) is 3.62. The summed E-state index contributed by atoms with van der Waals surface area (Å²) in [6.45, 7) is 3.06. The summed E-state index contributed by atoms with van der Waals surface area (Å²) in [6, 6.07) is 30.3. The van der Waals surface area contributed by atoms with Crippen molar-refractivity contribution in [3.05, 3.63) is 119 Å². The molecule has 1 amide bonds. The minimum absolute atomic E-state index is 0.0360. The zero-order valence-corrected chi connectivity index (χ0v) is 28.3. The molecule has 4 aromatic carbocycles. The van der Waals surface area contributed by atoms with Crippen molar-refractivity contribution in [2.24, 2.45) is 0 Å². The van der Waals surface area contributed by atoms with Crippen molar-refractivity contribution in [3.8, 4) is 22.6 Å². The normalized spacial score (nSPS) is 17.9. The van der Waals surface area contributed by atoms with Crippen molar-refractivity contribution in [2.45, 2.75) is 63.2 Å². The van der Waals surface area contributed by atoms with E-state index in [0.717, 1.165) is 39.1 Å². The molecule has 1 saturated heterocycles. The number of carbonyl (C=O) groups excluding carboxylic acids is 2. The molecule has 3 N–H and O–H groups in total. The molecule has 4 unspecified atom stereocenters. The minimum atomic E-state index is -0.868. The van der Waals surface area contributed by atoms with E-state index < -0.39 is 18.4 Å². The van der Waals surface area contributed by atoms with E-state index in [9.17, 15) is 19.8 Å². The topological polar surface area (TPSA) is 158 Å². The molecule has 13 heteroatoms. The molecule has 0 saturated carbocycles. The number of ether oxygens (including phenoxy) is 3. The number of amides is 1. The van der Waals surface area contributed by atoms with Gasteiger partial charge in [-0.05, 0) is 75.5 Å². The summed E-state index contributed by atoms with van der Waals surface area (Å²) >= 11 is 1.47. The fourth-order valence-corrected chi connectivity index (χ4v) is 6.45. The summed E-state index contributed by atoms with van der Waals surface area (Å²) in [5.41, 5.74) is 6.26. The van der Waals surface area contributed by atoms with Gasteiger partial charge in [0.25, 0.3) is 5.91 Å². The van der Waals surface area contributed by atoms with Gasteiger partial charge in [-0.15, -0.1) is 5.10 Å². The number of aromatic nitrogens is 4. The molecule has 0 bridgehead atoms. The van der Waals surface area contributed by atoms with Gasteiger partial charge < -0.3 is 29.7 Å². The highest BCUT2D eigenvalue weighted by Crippen LogP contribution is 2.40. The number of thioether (sulfide) groups is 1. The van der Waals surface area contributed by atoms with Crippen LogP contribution in [-0.4, -0.2) is 60.3 Å². The number of phenols is 1. The molecule has 6 rings (SSSR count). The Bertz CT molecular complexity index is 1900. The fourth-order valence-electron chi connectivity index (χ4n) is 5.54. The average molecular weight is 696 g/mol. The summed E-state index contributed by atoms with van der Waals surface area (Å²) in [5.74, 6) is -0.150. The van der Waals surface area contributed by atoms with Crippen molar-refractivity contribution in [3.63, 3.8) is 0 Å². The smallest absolute Gasteiger partial charge is 0.303 e. The van der Waals surface area contributed by atoms with Gasteiger partial charge in [0.05, 0.1) is 24.5 Å².